The van der Waals surface area contributed by atoms with E-state index in [1.807, 2.05) is 31.2 Å². The highest BCUT2D eigenvalue weighted by Crippen LogP contribution is 2.45. The summed E-state index contributed by atoms with van der Waals surface area (Å²) in [6.07, 6.45) is 1.50. The molecule has 1 heterocycles. The number of ether oxygens (including phenoxy) is 1. The largest absolute Gasteiger partial charge is 0.481 e. The summed E-state index contributed by atoms with van der Waals surface area (Å²) in [4.78, 5) is 38.6. The first-order chi connectivity index (χ1) is 16.2. The van der Waals surface area contributed by atoms with Gasteiger partial charge in [0, 0.05) is 19.0 Å². The Morgan fingerprint density at radius 2 is 1.62 bits per heavy atom. The number of nitrogens with zero attached hydrogens (tertiary/aromatic N) is 1. The monoisotopic (exact) mass is 462 g/mol. The van der Waals surface area contributed by atoms with Crippen LogP contribution in [0.3, 0.4) is 0 Å². The number of carboxylic acid groups (broad SMARTS) is 1. The molecule has 2 aromatic rings. The number of alkyl carbamates (subject to hydrolysis) is 1. The van der Waals surface area contributed by atoms with Crippen molar-refractivity contribution in [1.82, 2.24) is 10.2 Å². The molecule has 2 amide bonds. The maximum atomic E-state index is 12.9. The molecule has 7 heteroatoms. The standard InChI is InChI=1S/C27H30N2O5/c1-26(24(31)32)15-29(16-26)23(30)13-27(2,17-11-12-17)28-25(33)34-14-22-20-9-5-3-7-18(20)19-8-4-6-10-21(19)22/h3-10,17,22H,11-16H2,1-2H3,(H,28,33)(H,31,32). The normalized spacial score (nSPS) is 19.9. The minimum Gasteiger partial charge on any atom is -0.481 e. The Labute approximate surface area is 199 Å². The molecular formula is C27H30N2O5. The molecule has 1 atom stereocenters. The fraction of sp³-hybridized carbons (Fsp3) is 0.444. The number of carboxylic acids is 1. The Balaban J connectivity index is 1.22. The van der Waals surface area contributed by atoms with E-state index >= 15 is 0 Å². The number of amides is 2. The number of carbonyl (C=O) groups excluding carboxylic acids is 2. The van der Waals surface area contributed by atoms with Gasteiger partial charge >= 0.3 is 12.1 Å². The molecule has 2 aliphatic carbocycles. The maximum absolute atomic E-state index is 12.9. The molecule has 5 rings (SSSR count). The van der Waals surface area contributed by atoms with E-state index in [0.717, 1.165) is 24.0 Å². The fourth-order valence-electron chi connectivity index (χ4n) is 5.41. The molecule has 1 aliphatic heterocycles. The lowest BCUT2D eigenvalue weighted by atomic mass is 9.81. The second-order valence-corrected chi connectivity index (χ2v) is 10.4. The van der Waals surface area contributed by atoms with E-state index in [9.17, 15) is 19.5 Å². The highest BCUT2D eigenvalue weighted by molar-refractivity contribution is 5.84. The minimum atomic E-state index is -0.890. The molecule has 1 saturated carbocycles. The number of hydrogen-bond acceptors (Lipinski definition) is 4. The number of benzene rings is 2. The number of hydrogen-bond donors (Lipinski definition) is 2. The first kappa shape index (κ1) is 22.4. The zero-order valence-electron chi connectivity index (χ0n) is 19.5. The minimum absolute atomic E-state index is 0.0262. The van der Waals surface area contributed by atoms with Gasteiger partial charge in [-0.3, -0.25) is 9.59 Å². The van der Waals surface area contributed by atoms with Gasteiger partial charge < -0.3 is 20.1 Å². The Morgan fingerprint density at radius 3 is 2.15 bits per heavy atom. The van der Waals surface area contributed by atoms with E-state index in [2.05, 4.69) is 29.6 Å². The van der Waals surface area contributed by atoms with Gasteiger partial charge in [-0.2, -0.15) is 0 Å². The smallest absolute Gasteiger partial charge is 0.407 e. The van der Waals surface area contributed by atoms with Crippen molar-refractivity contribution < 1.29 is 24.2 Å². The van der Waals surface area contributed by atoms with Crippen LogP contribution in [0, 0.1) is 11.3 Å². The van der Waals surface area contributed by atoms with E-state index in [-0.39, 0.29) is 43.9 Å². The third-order valence-corrected chi connectivity index (χ3v) is 7.68. The molecule has 0 aromatic heterocycles. The van der Waals surface area contributed by atoms with Crippen molar-refractivity contribution in [3.05, 3.63) is 59.7 Å². The summed E-state index contributed by atoms with van der Waals surface area (Å²) in [5.41, 5.74) is 3.04. The summed E-state index contributed by atoms with van der Waals surface area (Å²) in [6, 6.07) is 16.4. The van der Waals surface area contributed by atoms with Gasteiger partial charge in [0.2, 0.25) is 5.91 Å². The lowest BCUT2D eigenvalue weighted by molar-refractivity contribution is -0.164. The molecule has 2 aromatic carbocycles. The van der Waals surface area contributed by atoms with Gasteiger partial charge in [0.15, 0.2) is 0 Å². The summed E-state index contributed by atoms with van der Waals surface area (Å²) in [7, 11) is 0. The van der Waals surface area contributed by atoms with Crippen LogP contribution in [0.4, 0.5) is 4.79 Å². The highest BCUT2D eigenvalue weighted by Gasteiger charge is 2.50. The second kappa shape index (κ2) is 8.15. The van der Waals surface area contributed by atoms with Gasteiger partial charge in [-0.1, -0.05) is 48.5 Å². The Morgan fingerprint density at radius 1 is 1.06 bits per heavy atom. The first-order valence-electron chi connectivity index (χ1n) is 11.8. The maximum Gasteiger partial charge on any atom is 0.407 e. The number of nitrogens with one attached hydrogen (secondary N) is 1. The quantitative estimate of drug-likeness (QED) is 0.648. The molecule has 34 heavy (non-hydrogen) atoms. The zero-order chi connectivity index (χ0) is 24.1. The van der Waals surface area contributed by atoms with Crippen molar-refractivity contribution in [1.29, 1.82) is 0 Å². The average molecular weight is 463 g/mol. The van der Waals surface area contributed by atoms with Crippen LogP contribution in [0.25, 0.3) is 11.1 Å². The van der Waals surface area contributed by atoms with Gasteiger partial charge in [0.1, 0.15) is 6.61 Å². The van der Waals surface area contributed by atoms with Crippen LogP contribution in [0.5, 0.6) is 0 Å². The van der Waals surface area contributed by atoms with Crippen molar-refractivity contribution in [3.8, 4) is 11.1 Å². The predicted molar refractivity (Wildman–Crippen MR) is 126 cm³/mol. The lowest BCUT2D eigenvalue weighted by Crippen LogP contribution is -2.62. The molecule has 2 N–H and O–H groups in total. The third kappa shape index (κ3) is 3.93. The molecule has 0 radical (unpaired) electrons. The van der Waals surface area contributed by atoms with Crippen molar-refractivity contribution in [2.24, 2.45) is 11.3 Å². The van der Waals surface area contributed by atoms with Crippen molar-refractivity contribution in [2.45, 2.75) is 44.6 Å². The van der Waals surface area contributed by atoms with Crippen molar-refractivity contribution >= 4 is 18.0 Å². The first-order valence-corrected chi connectivity index (χ1v) is 11.8. The Kier molecular flexibility index (Phi) is 5.38. The number of aliphatic carboxylic acids is 1. The summed E-state index contributed by atoms with van der Waals surface area (Å²) < 4.78 is 5.71. The molecule has 2 fully saturated rings. The highest BCUT2D eigenvalue weighted by atomic mass is 16.5. The number of likely N-dealkylation sites (tertiary alicyclic amines) is 1. The van der Waals surface area contributed by atoms with E-state index in [1.165, 1.54) is 11.1 Å². The van der Waals surface area contributed by atoms with E-state index in [0.29, 0.717) is 0 Å². The van der Waals surface area contributed by atoms with Gasteiger partial charge in [0.25, 0.3) is 0 Å². The number of carbonyl (C=O) groups is 3. The van der Waals surface area contributed by atoms with Crippen LogP contribution in [0.1, 0.15) is 50.2 Å². The summed E-state index contributed by atoms with van der Waals surface area (Å²) in [6.45, 7) is 4.16. The van der Waals surface area contributed by atoms with Gasteiger partial charge in [-0.25, -0.2) is 4.79 Å². The van der Waals surface area contributed by atoms with E-state index < -0.39 is 23.0 Å². The second-order valence-electron chi connectivity index (χ2n) is 10.4. The van der Waals surface area contributed by atoms with Crippen molar-refractivity contribution in [2.75, 3.05) is 19.7 Å². The predicted octanol–water partition coefficient (Wildman–Crippen LogP) is 4.02. The zero-order valence-corrected chi connectivity index (χ0v) is 19.5. The molecule has 178 valence electrons. The summed E-state index contributed by atoms with van der Waals surface area (Å²) in [5, 5.41) is 12.3. The fourth-order valence-corrected chi connectivity index (χ4v) is 5.41. The third-order valence-electron chi connectivity index (χ3n) is 7.68. The lowest BCUT2D eigenvalue weighted by Gasteiger charge is -2.46. The van der Waals surface area contributed by atoms with Crippen LogP contribution >= 0.6 is 0 Å². The Bertz CT molecular complexity index is 1110. The average Bonchev–Trinajstić information content (AvgIpc) is 3.59. The van der Waals surface area contributed by atoms with Crippen LogP contribution in [-0.2, 0) is 14.3 Å². The molecule has 0 spiro atoms. The molecule has 7 nitrogen and oxygen atoms in total. The SMILES string of the molecule is CC1(C(=O)O)CN(C(=O)CC(C)(NC(=O)OCC2c3ccccc3-c3ccccc32)C2CC2)C1. The molecule has 3 aliphatic rings. The number of fused-ring (bicyclic) bond motifs is 3. The van der Waals surface area contributed by atoms with Crippen LogP contribution < -0.4 is 5.32 Å². The molecule has 1 unspecified atom stereocenters. The van der Waals surface area contributed by atoms with Crippen LogP contribution in [-0.4, -0.2) is 53.2 Å². The van der Waals surface area contributed by atoms with Gasteiger partial charge in [0.05, 0.1) is 17.4 Å². The molecule has 0 bridgehead atoms. The summed E-state index contributed by atoms with van der Waals surface area (Å²) >= 11 is 0. The van der Waals surface area contributed by atoms with Gasteiger partial charge in [-0.15, -0.1) is 0 Å². The van der Waals surface area contributed by atoms with E-state index in [1.54, 1.807) is 11.8 Å². The van der Waals surface area contributed by atoms with Crippen LogP contribution in [0.15, 0.2) is 48.5 Å². The molecule has 1 saturated heterocycles. The number of rotatable bonds is 7. The van der Waals surface area contributed by atoms with Crippen molar-refractivity contribution in [3.63, 3.8) is 0 Å². The Hall–Kier alpha value is -3.35. The van der Waals surface area contributed by atoms with E-state index in [4.69, 9.17) is 4.74 Å². The van der Waals surface area contributed by atoms with Crippen LogP contribution in [0.2, 0.25) is 0 Å². The summed E-state index contributed by atoms with van der Waals surface area (Å²) in [5.74, 6) is -0.837. The topological polar surface area (TPSA) is 95.9 Å². The van der Waals surface area contributed by atoms with Gasteiger partial charge in [-0.05, 0) is 54.9 Å². The molecular weight excluding hydrogens is 432 g/mol.